The van der Waals surface area contributed by atoms with Crippen LogP contribution in [0.5, 0.6) is 0 Å². The molecule has 0 fully saturated rings. The standard InChI is InChI=1S/C15H26N2O2S2/c1-5-15(11-20-4)17(3)21(18,19)12-14-8-6-13(7-9-14)10-16-2/h6-9,15-16H,5,10-12H2,1-4H3. The molecule has 1 aromatic carbocycles. The van der Waals surface area contributed by atoms with Gasteiger partial charge < -0.3 is 5.32 Å². The van der Waals surface area contributed by atoms with Crippen molar-refractivity contribution in [3.05, 3.63) is 35.4 Å². The van der Waals surface area contributed by atoms with Crippen molar-refractivity contribution in [3.8, 4) is 0 Å². The number of nitrogens with zero attached hydrogens (tertiary/aromatic N) is 1. The molecule has 1 aromatic rings. The van der Waals surface area contributed by atoms with Gasteiger partial charge >= 0.3 is 0 Å². The lowest BCUT2D eigenvalue weighted by molar-refractivity contribution is 0.385. The molecule has 1 atom stereocenters. The minimum Gasteiger partial charge on any atom is -0.316 e. The van der Waals surface area contributed by atoms with Crippen molar-refractivity contribution in [1.29, 1.82) is 0 Å². The lowest BCUT2D eigenvalue weighted by atomic mass is 10.1. The Balaban J connectivity index is 2.79. The molecule has 0 aromatic heterocycles. The van der Waals surface area contributed by atoms with Crippen molar-refractivity contribution in [3.63, 3.8) is 0 Å². The van der Waals surface area contributed by atoms with Gasteiger partial charge in [-0.3, -0.25) is 0 Å². The molecule has 0 amide bonds. The van der Waals surface area contributed by atoms with Crippen LogP contribution in [0.3, 0.4) is 0 Å². The highest BCUT2D eigenvalue weighted by Gasteiger charge is 2.25. The topological polar surface area (TPSA) is 49.4 Å². The van der Waals surface area contributed by atoms with Gasteiger partial charge in [0.25, 0.3) is 0 Å². The molecule has 120 valence electrons. The summed E-state index contributed by atoms with van der Waals surface area (Å²) in [6, 6.07) is 7.80. The summed E-state index contributed by atoms with van der Waals surface area (Å²) in [6.45, 7) is 2.82. The first kappa shape index (κ1) is 18.5. The van der Waals surface area contributed by atoms with Crippen LogP contribution in [0.2, 0.25) is 0 Å². The maximum absolute atomic E-state index is 12.5. The van der Waals surface area contributed by atoms with E-state index in [0.29, 0.717) is 0 Å². The third kappa shape index (κ3) is 5.62. The first-order valence-electron chi connectivity index (χ1n) is 7.11. The van der Waals surface area contributed by atoms with Crippen LogP contribution in [-0.2, 0) is 22.3 Å². The van der Waals surface area contributed by atoms with Gasteiger partial charge in [0.1, 0.15) is 0 Å². The molecule has 0 saturated carbocycles. The fourth-order valence-corrected chi connectivity index (χ4v) is 4.60. The van der Waals surface area contributed by atoms with E-state index in [1.54, 1.807) is 18.8 Å². The second-order valence-electron chi connectivity index (χ2n) is 5.14. The quantitative estimate of drug-likeness (QED) is 0.755. The van der Waals surface area contributed by atoms with Crippen LogP contribution in [-0.4, -0.2) is 44.9 Å². The summed E-state index contributed by atoms with van der Waals surface area (Å²) in [7, 11) is 0.315. The van der Waals surface area contributed by atoms with E-state index >= 15 is 0 Å². The van der Waals surface area contributed by atoms with E-state index in [1.165, 1.54) is 4.31 Å². The minimum atomic E-state index is -3.27. The summed E-state index contributed by atoms with van der Waals surface area (Å²) < 4.78 is 26.5. The van der Waals surface area contributed by atoms with Gasteiger partial charge in [0.05, 0.1) is 5.75 Å². The van der Waals surface area contributed by atoms with E-state index in [2.05, 4.69) is 5.32 Å². The van der Waals surface area contributed by atoms with E-state index < -0.39 is 10.0 Å². The van der Waals surface area contributed by atoms with Crippen LogP contribution in [0.1, 0.15) is 24.5 Å². The molecule has 0 aliphatic heterocycles. The number of thioether (sulfide) groups is 1. The number of hydrogen-bond acceptors (Lipinski definition) is 4. The fourth-order valence-electron chi connectivity index (χ4n) is 2.17. The fraction of sp³-hybridized carbons (Fsp3) is 0.600. The second kappa shape index (κ2) is 8.78. The maximum Gasteiger partial charge on any atom is 0.218 e. The predicted octanol–water partition coefficient (Wildman–Crippen LogP) is 2.31. The van der Waals surface area contributed by atoms with Crippen molar-refractivity contribution < 1.29 is 8.42 Å². The minimum absolute atomic E-state index is 0.0635. The highest BCUT2D eigenvalue weighted by Crippen LogP contribution is 2.17. The van der Waals surface area contributed by atoms with Crippen molar-refractivity contribution in [2.24, 2.45) is 0 Å². The Bertz CT molecular complexity index is 515. The van der Waals surface area contributed by atoms with Crippen LogP contribution >= 0.6 is 11.8 Å². The highest BCUT2D eigenvalue weighted by molar-refractivity contribution is 7.98. The molecular formula is C15H26N2O2S2. The van der Waals surface area contributed by atoms with Crippen molar-refractivity contribution in [1.82, 2.24) is 9.62 Å². The average Bonchev–Trinajstić information content (AvgIpc) is 2.46. The van der Waals surface area contributed by atoms with Gasteiger partial charge in [0.15, 0.2) is 0 Å². The van der Waals surface area contributed by atoms with E-state index in [0.717, 1.165) is 29.8 Å². The van der Waals surface area contributed by atoms with Gasteiger partial charge in [-0.1, -0.05) is 31.2 Å². The molecule has 0 radical (unpaired) electrons. The first-order chi connectivity index (χ1) is 9.94. The smallest absolute Gasteiger partial charge is 0.218 e. The first-order valence-corrected chi connectivity index (χ1v) is 10.1. The molecule has 21 heavy (non-hydrogen) atoms. The third-order valence-corrected chi connectivity index (χ3v) is 6.13. The van der Waals surface area contributed by atoms with Crippen LogP contribution in [0.15, 0.2) is 24.3 Å². The van der Waals surface area contributed by atoms with Crippen molar-refractivity contribution >= 4 is 21.8 Å². The van der Waals surface area contributed by atoms with Crippen LogP contribution in [0.25, 0.3) is 0 Å². The molecular weight excluding hydrogens is 304 g/mol. The molecule has 0 aliphatic carbocycles. The number of rotatable bonds is 9. The normalized spacial score (nSPS) is 13.6. The zero-order valence-corrected chi connectivity index (χ0v) is 14.9. The Morgan fingerprint density at radius 1 is 1.24 bits per heavy atom. The van der Waals surface area contributed by atoms with Crippen LogP contribution < -0.4 is 5.32 Å². The van der Waals surface area contributed by atoms with Gasteiger partial charge in [-0.15, -0.1) is 0 Å². The average molecular weight is 331 g/mol. The molecule has 1 N–H and O–H groups in total. The number of benzene rings is 1. The summed E-state index contributed by atoms with van der Waals surface area (Å²) in [5, 5.41) is 3.08. The Morgan fingerprint density at radius 3 is 2.29 bits per heavy atom. The van der Waals surface area contributed by atoms with Gasteiger partial charge in [0, 0.05) is 25.4 Å². The molecule has 1 unspecified atom stereocenters. The molecule has 0 bridgehead atoms. The Kier molecular flexibility index (Phi) is 7.73. The van der Waals surface area contributed by atoms with Crippen molar-refractivity contribution in [2.45, 2.75) is 31.7 Å². The molecule has 0 spiro atoms. The van der Waals surface area contributed by atoms with Crippen LogP contribution in [0.4, 0.5) is 0 Å². The Morgan fingerprint density at radius 2 is 1.81 bits per heavy atom. The zero-order chi connectivity index (χ0) is 15.9. The summed E-state index contributed by atoms with van der Waals surface area (Å²) in [6.07, 6.45) is 2.83. The Hall–Kier alpha value is -0.560. The summed E-state index contributed by atoms with van der Waals surface area (Å²) in [5.41, 5.74) is 1.99. The second-order valence-corrected chi connectivity index (χ2v) is 8.08. The molecule has 0 heterocycles. The van der Waals surface area contributed by atoms with Gasteiger partial charge in [-0.05, 0) is 30.9 Å². The predicted molar refractivity (Wildman–Crippen MR) is 92.1 cm³/mol. The monoisotopic (exact) mass is 330 g/mol. The van der Waals surface area contributed by atoms with Crippen molar-refractivity contribution in [2.75, 3.05) is 26.1 Å². The Labute approximate surface area is 133 Å². The summed E-state index contributed by atoms with van der Waals surface area (Å²) in [5.74, 6) is 0.890. The van der Waals surface area contributed by atoms with E-state index in [-0.39, 0.29) is 11.8 Å². The van der Waals surface area contributed by atoms with E-state index in [4.69, 9.17) is 0 Å². The molecule has 4 nitrogen and oxygen atoms in total. The van der Waals surface area contributed by atoms with E-state index in [1.807, 2.05) is 44.5 Å². The molecule has 6 heteroatoms. The van der Waals surface area contributed by atoms with Gasteiger partial charge in [0.2, 0.25) is 10.0 Å². The van der Waals surface area contributed by atoms with Gasteiger partial charge in [-0.2, -0.15) is 11.8 Å². The maximum atomic E-state index is 12.5. The summed E-state index contributed by atoms with van der Waals surface area (Å²) >= 11 is 1.68. The zero-order valence-electron chi connectivity index (χ0n) is 13.3. The summed E-state index contributed by atoms with van der Waals surface area (Å²) in [4.78, 5) is 0. The lowest BCUT2D eigenvalue weighted by Gasteiger charge is -2.26. The number of nitrogens with one attached hydrogen (secondary N) is 1. The number of hydrogen-bond donors (Lipinski definition) is 1. The van der Waals surface area contributed by atoms with Gasteiger partial charge in [-0.25, -0.2) is 12.7 Å². The molecule has 0 saturated heterocycles. The SMILES string of the molecule is CCC(CSC)N(C)S(=O)(=O)Cc1ccc(CNC)cc1. The van der Waals surface area contributed by atoms with E-state index in [9.17, 15) is 8.42 Å². The lowest BCUT2D eigenvalue weighted by Crippen LogP contribution is -2.38. The van der Waals surface area contributed by atoms with Crippen LogP contribution in [0, 0.1) is 0 Å². The molecule has 0 aliphatic rings. The molecule has 1 rings (SSSR count). The highest BCUT2D eigenvalue weighted by atomic mass is 32.2. The third-order valence-electron chi connectivity index (χ3n) is 3.54. The number of sulfonamides is 1. The largest absolute Gasteiger partial charge is 0.316 e.